The quantitative estimate of drug-likeness (QED) is 0.682. The highest BCUT2D eigenvalue weighted by Gasteiger charge is 2.03. The second kappa shape index (κ2) is 3.98. The summed E-state index contributed by atoms with van der Waals surface area (Å²) >= 11 is 0. The average molecular weight is 222 g/mol. The second-order valence-electron chi connectivity index (χ2n) is 4.17. The van der Waals surface area contributed by atoms with E-state index in [1.807, 2.05) is 12.3 Å². The van der Waals surface area contributed by atoms with Crippen molar-refractivity contribution in [2.24, 2.45) is 7.05 Å². The van der Waals surface area contributed by atoms with Crippen LogP contribution in [0.2, 0.25) is 0 Å². The number of rotatable bonds is 2. The van der Waals surface area contributed by atoms with Crippen LogP contribution < -0.4 is 0 Å². The minimum absolute atomic E-state index is 1.15. The molecule has 0 spiro atoms. The van der Waals surface area contributed by atoms with Gasteiger partial charge < -0.3 is 9.55 Å². The highest BCUT2D eigenvalue weighted by atomic mass is 14.9. The molecule has 0 unspecified atom stereocenters. The minimum Gasteiger partial charge on any atom is -0.361 e. The Hall–Kier alpha value is -2.22. The molecule has 2 heteroatoms. The smallest absolute Gasteiger partial charge is 0.0477 e. The van der Waals surface area contributed by atoms with Crippen LogP contribution >= 0.6 is 0 Å². The minimum atomic E-state index is 1.15. The molecule has 1 aromatic carbocycles. The molecule has 3 rings (SSSR count). The Morgan fingerprint density at radius 3 is 2.53 bits per heavy atom. The Morgan fingerprint density at radius 1 is 0.941 bits per heavy atom. The number of H-pyrrole nitrogens is 1. The molecule has 2 nitrogen and oxygen atoms in total. The molecule has 0 amide bonds. The van der Waals surface area contributed by atoms with Gasteiger partial charge in [-0.3, -0.25) is 0 Å². The van der Waals surface area contributed by atoms with Gasteiger partial charge >= 0.3 is 0 Å². The van der Waals surface area contributed by atoms with E-state index >= 15 is 0 Å². The van der Waals surface area contributed by atoms with Gasteiger partial charge in [0.15, 0.2) is 0 Å². The van der Waals surface area contributed by atoms with Crippen molar-refractivity contribution in [2.75, 3.05) is 0 Å². The maximum atomic E-state index is 3.23. The van der Waals surface area contributed by atoms with Crippen molar-refractivity contribution in [3.8, 4) is 22.5 Å². The lowest BCUT2D eigenvalue weighted by molar-refractivity contribution is 0.937. The average Bonchev–Trinajstić information content (AvgIpc) is 2.99. The van der Waals surface area contributed by atoms with E-state index in [9.17, 15) is 0 Å². The Balaban J connectivity index is 2.09. The van der Waals surface area contributed by atoms with Crippen LogP contribution in [0.4, 0.5) is 0 Å². The van der Waals surface area contributed by atoms with Crippen LogP contribution in [0.25, 0.3) is 22.5 Å². The van der Waals surface area contributed by atoms with Gasteiger partial charge in [0, 0.05) is 30.8 Å². The molecule has 0 saturated heterocycles. The zero-order valence-corrected chi connectivity index (χ0v) is 9.72. The Labute approximate surface area is 101 Å². The van der Waals surface area contributed by atoms with Crippen LogP contribution in [0.5, 0.6) is 0 Å². The summed E-state index contributed by atoms with van der Waals surface area (Å²) in [5.41, 5.74) is 4.85. The van der Waals surface area contributed by atoms with E-state index in [2.05, 4.69) is 65.3 Å². The molecule has 0 fully saturated rings. The normalized spacial score (nSPS) is 10.6. The summed E-state index contributed by atoms with van der Waals surface area (Å²) in [5, 5.41) is 0. The van der Waals surface area contributed by atoms with E-state index in [1.54, 1.807) is 0 Å². The number of benzene rings is 1. The molecule has 0 aliphatic carbocycles. The van der Waals surface area contributed by atoms with Crippen LogP contribution in [0.1, 0.15) is 0 Å². The van der Waals surface area contributed by atoms with Crippen molar-refractivity contribution >= 4 is 0 Å². The van der Waals surface area contributed by atoms with Crippen molar-refractivity contribution in [2.45, 2.75) is 0 Å². The summed E-state index contributed by atoms with van der Waals surface area (Å²) in [7, 11) is 2.07. The third-order valence-corrected chi connectivity index (χ3v) is 3.01. The Morgan fingerprint density at radius 2 is 1.82 bits per heavy atom. The van der Waals surface area contributed by atoms with Gasteiger partial charge in [-0.15, -0.1) is 0 Å². The number of aromatic amines is 1. The summed E-state index contributed by atoms with van der Waals surface area (Å²) in [6.07, 6.45) is 4.02. The number of aryl methyl sites for hydroxylation is 1. The molecule has 0 aliphatic rings. The van der Waals surface area contributed by atoms with Gasteiger partial charge in [0.1, 0.15) is 0 Å². The van der Waals surface area contributed by atoms with E-state index in [1.165, 1.54) is 16.8 Å². The van der Waals surface area contributed by atoms with Crippen LogP contribution in [-0.2, 0) is 7.05 Å². The summed E-state index contributed by atoms with van der Waals surface area (Å²) in [4.78, 5) is 3.23. The standard InChI is InChI=1S/C15H14N2/c1-17-10-4-8-15(17)13-6-2-5-12(11-13)14-7-3-9-16-14/h2-11,16H,1H3. The van der Waals surface area contributed by atoms with Crippen molar-refractivity contribution in [1.29, 1.82) is 0 Å². The lowest BCUT2D eigenvalue weighted by Crippen LogP contribution is -1.89. The molecular weight excluding hydrogens is 208 g/mol. The number of hydrogen-bond donors (Lipinski definition) is 1. The second-order valence-corrected chi connectivity index (χ2v) is 4.17. The summed E-state index contributed by atoms with van der Waals surface area (Å²) in [6.45, 7) is 0. The monoisotopic (exact) mass is 222 g/mol. The number of nitrogens with zero attached hydrogens (tertiary/aromatic N) is 1. The SMILES string of the molecule is Cn1cccc1-c1cccc(-c2ccc[nH]2)c1. The van der Waals surface area contributed by atoms with Gasteiger partial charge in [-0.2, -0.15) is 0 Å². The van der Waals surface area contributed by atoms with Crippen molar-refractivity contribution in [3.05, 3.63) is 60.9 Å². The first-order chi connectivity index (χ1) is 8.34. The van der Waals surface area contributed by atoms with Crippen LogP contribution in [-0.4, -0.2) is 9.55 Å². The van der Waals surface area contributed by atoms with E-state index < -0.39 is 0 Å². The maximum absolute atomic E-state index is 3.23. The summed E-state index contributed by atoms with van der Waals surface area (Å²) in [6, 6.07) is 16.9. The topological polar surface area (TPSA) is 20.7 Å². The lowest BCUT2D eigenvalue weighted by atomic mass is 10.1. The molecule has 17 heavy (non-hydrogen) atoms. The molecule has 3 aromatic rings. The van der Waals surface area contributed by atoms with E-state index in [4.69, 9.17) is 0 Å². The van der Waals surface area contributed by atoms with Crippen LogP contribution in [0.3, 0.4) is 0 Å². The van der Waals surface area contributed by atoms with E-state index in [0.29, 0.717) is 0 Å². The third-order valence-electron chi connectivity index (χ3n) is 3.01. The van der Waals surface area contributed by atoms with Gasteiger partial charge in [0.2, 0.25) is 0 Å². The summed E-state index contributed by atoms with van der Waals surface area (Å²) < 4.78 is 2.13. The molecular formula is C15H14N2. The first-order valence-electron chi connectivity index (χ1n) is 5.70. The first-order valence-corrected chi connectivity index (χ1v) is 5.70. The number of hydrogen-bond acceptors (Lipinski definition) is 0. The number of nitrogens with one attached hydrogen (secondary N) is 1. The van der Waals surface area contributed by atoms with Crippen molar-refractivity contribution < 1.29 is 0 Å². The zero-order chi connectivity index (χ0) is 11.7. The molecule has 84 valence electrons. The summed E-state index contributed by atoms with van der Waals surface area (Å²) in [5.74, 6) is 0. The van der Waals surface area contributed by atoms with Gasteiger partial charge in [-0.1, -0.05) is 18.2 Å². The molecule has 2 heterocycles. The molecule has 0 aliphatic heterocycles. The lowest BCUT2D eigenvalue weighted by Gasteiger charge is -2.05. The highest BCUT2D eigenvalue weighted by Crippen LogP contribution is 2.25. The molecule has 0 radical (unpaired) electrons. The molecule has 2 aromatic heterocycles. The van der Waals surface area contributed by atoms with E-state index in [0.717, 1.165) is 5.69 Å². The fourth-order valence-electron chi connectivity index (χ4n) is 2.12. The highest BCUT2D eigenvalue weighted by molar-refractivity contribution is 5.69. The van der Waals surface area contributed by atoms with Gasteiger partial charge in [0.25, 0.3) is 0 Å². The van der Waals surface area contributed by atoms with Crippen molar-refractivity contribution in [3.63, 3.8) is 0 Å². The predicted octanol–water partition coefficient (Wildman–Crippen LogP) is 3.69. The van der Waals surface area contributed by atoms with Gasteiger partial charge in [-0.25, -0.2) is 0 Å². The predicted molar refractivity (Wildman–Crippen MR) is 70.6 cm³/mol. The molecule has 0 bridgehead atoms. The molecule has 0 saturated carbocycles. The van der Waals surface area contributed by atoms with Crippen LogP contribution in [0, 0.1) is 0 Å². The molecule has 1 N–H and O–H groups in total. The number of aromatic nitrogens is 2. The van der Waals surface area contributed by atoms with E-state index in [-0.39, 0.29) is 0 Å². The van der Waals surface area contributed by atoms with Gasteiger partial charge in [0.05, 0.1) is 0 Å². The Bertz CT molecular complexity index is 618. The van der Waals surface area contributed by atoms with Gasteiger partial charge in [-0.05, 0) is 41.5 Å². The first kappa shape index (κ1) is 9.97. The largest absolute Gasteiger partial charge is 0.361 e. The third kappa shape index (κ3) is 1.78. The maximum Gasteiger partial charge on any atom is 0.0477 e. The van der Waals surface area contributed by atoms with Crippen molar-refractivity contribution in [1.82, 2.24) is 9.55 Å². The zero-order valence-electron chi connectivity index (χ0n) is 9.72. The van der Waals surface area contributed by atoms with Crippen LogP contribution in [0.15, 0.2) is 60.9 Å². The fourth-order valence-corrected chi connectivity index (χ4v) is 2.12. The fraction of sp³-hybridized carbons (Fsp3) is 0.0667. The Kier molecular flexibility index (Phi) is 2.33. The molecule has 0 atom stereocenters.